The summed E-state index contributed by atoms with van der Waals surface area (Å²) in [7, 11) is 0. The molecule has 0 aliphatic heterocycles. The molecular formula is C76H124O6. The summed E-state index contributed by atoms with van der Waals surface area (Å²) in [6, 6.07) is 0. The number of allylic oxidation sites excluding steroid dienone is 24. The van der Waals surface area contributed by atoms with Gasteiger partial charge in [-0.25, -0.2) is 0 Å². The molecular weight excluding hydrogens is 1010 g/mol. The number of hydrogen-bond donors (Lipinski definition) is 0. The van der Waals surface area contributed by atoms with Crippen molar-refractivity contribution in [1.29, 1.82) is 0 Å². The molecule has 0 fully saturated rings. The van der Waals surface area contributed by atoms with Gasteiger partial charge in [0.1, 0.15) is 13.2 Å². The van der Waals surface area contributed by atoms with Crippen LogP contribution < -0.4 is 0 Å². The fourth-order valence-electron chi connectivity index (χ4n) is 9.06. The third-order valence-electron chi connectivity index (χ3n) is 14.1. The van der Waals surface area contributed by atoms with Gasteiger partial charge in [0.2, 0.25) is 0 Å². The monoisotopic (exact) mass is 1130 g/mol. The quantitative estimate of drug-likeness (QED) is 0.0261. The zero-order chi connectivity index (χ0) is 59.2. The van der Waals surface area contributed by atoms with Crippen LogP contribution in [0.5, 0.6) is 0 Å². The van der Waals surface area contributed by atoms with Gasteiger partial charge in [-0.05, 0) is 141 Å². The molecule has 0 aliphatic rings. The van der Waals surface area contributed by atoms with Gasteiger partial charge in [0.15, 0.2) is 6.10 Å². The van der Waals surface area contributed by atoms with Gasteiger partial charge in [-0.3, -0.25) is 14.4 Å². The molecule has 0 saturated heterocycles. The molecule has 0 saturated carbocycles. The zero-order valence-corrected chi connectivity index (χ0v) is 53.2. The molecule has 0 N–H and O–H groups in total. The molecule has 6 nitrogen and oxygen atoms in total. The Hall–Kier alpha value is -4.71. The van der Waals surface area contributed by atoms with E-state index in [9.17, 15) is 14.4 Å². The number of unbranched alkanes of at least 4 members (excludes halogenated alkanes) is 25. The number of carbonyl (C=O) groups excluding carboxylic acids is 3. The van der Waals surface area contributed by atoms with Crippen molar-refractivity contribution in [3.8, 4) is 0 Å². The van der Waals surface area contributed by atoms with Crippen LogP contribution in [0, 0.1) is 0 Å². The Balaban J connectivity index is 4.45. The predicted octanol–water partition coefficient (Wildman–Crippen LogP) is 23.5. The van der Waals surface area contributed by atoms with E-state index < -0.39 is 6.10 Å². The Morgan fingerprint density at radius 1 is 0.256 bits per heavy atom. The van der Waals surface area contributed by atoms with Crippen LogP contribution in [0.15, 0.2) is 146 Å². The Morgan fingerprint density at radius 3 is 0.768 bits per heavy atom. The number of esters is 3. The first-order valence-corrected chi connectivity index (χ1v) is 33.8. The number of carbonyl (C=O) groups is 3. The summed E-state index contributed by atoms with van der Waals surface area (Å²) in [5.41, 5.74) is 0. The maximum absolute atomic E-state index is 12.9. The molecule has 0 rings (SSSR count). The highest BCUT2D eigenvalue weighted by atomic mass is 16.6. The molecule has 0 bridgehead atoms. The molecule has 6 heteroatoms. The summed E-state index contributed by atoms with van der Waals surface area (Å²) in [6.45, 7) is 6.39. The van der Waals surface area contributed by atoms with Gasteiger partial charge in [0.05, 0.1) is 0 Å². The van der Waals surface area contributed by atoms with Crippen LogP contribution in [0.4, 0.5) is 0 Å². The summed E-state index contributed by atoms with van der Waals surface area (Å²) >= 11 is 0. The molecule has 0 amide bonds. The molecule has 1 atom stereocenters. The third kappa shape index (κ3) is 66.1. The van der Waals surface area contributed by atoms with Crippen molar-refractivity contribution >= 4 is 17.9 Å². The van der Waals surface area contributed by atoms with E-state index in [4.69, 9.17) is 14.2 Å². The first-order chi connectivity index (χ1) is 40.5. The van der Waals surface area contributed by atoms with Gasteiger partial charge in [-0.1, -0.05) is 282 Å². The topological polar surface area (TPSA) is 78.9 Å². The predicted molar refractivity (Wildman–Crippen MR) is 357 cm³/mol. The van der Waals surface area contributed by atoms with Crippen LogP contribution in [0.3, 0.4) is 0 Å². The lowest BCUT2D eigenvalue weighted by Crippen LogP contribution is -2.30. The standard InChI is InChI=1S/C76H124O6/c1-4-7-10-13-16-19-22-25-28-31-34-35-36-37-38-39-40-41-43-45-48-51-54-57-60-63-66-69-75(78)81-72-73(71-80-74(77)68-65-62-59-56-53-50-47-44-33-30-27-24-21-18-15-12-9-6-3)82-76(79)70-67-64-61-58-55-52-49-46-42-32-29-26-23-20-17-14-11-8-5-2/h7-8,10-11,16-17,19-20,25-26,28-30,33-35,37-38,40-42,46,52,55,73H,4-6,9,12-15,18,21-24,27,31-32,36,39,43-45,47-51,53-54,56-72H2,1-3H3/b10-7-,11-8-,19-16-,20-17-,28-25-,29-26-,33-30-,35-34-,38-37-,41-40-,46-42-,55-52-. The van der Waals surface area contributed by atoms with Gasteiger partial charge < -0.3 is 14.2 Å². The smallest absolute Gasteiger partial charge is 0.306 e. The van der Waals surface area contributed by atoms with Crippen LogP contribution >= 0.6 is 0 Å². The van der Waals surface area contributed by atoms with Crippen LogP contribution in [0.1, 0.15) is 297 Å². The van der Waals surface area contributed by atoms with Crippen molar-refractivity contribution in [1.82, 2.24) is 0 Å². The van der Waals surface area contributed by atoms with E-state index in [-0.39, 0.29) is 37.5 Å². The van der Waals surface area contributed by atoms with Crippen molar-refractivity contribution < 1.29 is 28.6 Å². The summed E-state index contributed by atoms with van der Waals surface area (Å²) in [5.74, 6) is -0.942. The fourth-order valence-corrected chi connectivity index (χ4v) is 9.06. The molecule has 1 unspecified atom stereocenters. The summed E-state index contributed by atoms with van der Waals surface area (Å²) in [6.07, 6.45) is 98.5. The number of rotatable bonds is 60. The maximum atomic E-state index is 12.9. The zero-order valence-electron chi connectivity index (χ0n) is 53.2. The molecule has 0 aliphatic carbocycles. The molecule has 0 aromatic heterocycles. The summed E-state index contributed by atoms with van der Waals surface area (Å²) in [4.78, 5) is 38.4. The van der Waals surface area contributed by atoms with E-state index in [0.717, 1.165) is 141 Å². The Kier molecular flexibility index (Phi) is 64.8. The largest absolute Gasteiger partial charge is 0.462 e. The van der Waals surface area contributed by atoms with Gasteiger partial charge in [-0.15, -0.1) is 0 Å². The molecule has 0 aromatic rings. The van der Waals surface area contributed by atoms with Gasteiger partial charge in [-0.2, -0.15) is 0 Å². The van der Waals surface area contributed by atoms with Gasteiger partial charge in [0, 0.05) is 19.3 Å². The van der Waals surface area contributed by atoms with Gasteiger partial charge >= 0.3 is 17.9 Å². The van der Waals surface area contributed by atoms with E-state index in [1.165, 1.54) is 116 Å². The van der Waals surface area contributed by atoms with E-state index in [0.29, 0.717) is 12.8 Å². The highest BCUT2D eigenvalue weighted by Gasteiger charge is 2.19. The second kappa shape index (κ2) is 68.8. The van der Waals surface area contributed by atoms with Crippen LogP contribution in [0.25, 0.3) is 0 Å². The van der Waals surface area contributed by atoms with Crippen LogP contribution in [-0.4, -0.2) is 37.2 Å². The molecule has 82 heavy (non-hydrogen) atoms. The summed E-state index contributed by atoms with van der Waals surface area (Å²) in [5, 5.41) is 0. The van der Waals surface area contributed by atoms with E-state index in [2.05, 4.69) is 167 Å². The highest BCUT2D eigenvalue weighted by Crippen LogP contribution is 2.15. The van der Waals surface area contributed by atoms with E-state index in [1.807, 2.05) is 0 Å². The molecule has 464 valence electrons. The highest BCUT2D eigenvalue weighted by molar-refractivity contribution is 5.71. The Bertz CT molecular complexity index is 1780. The minimum absolute atomic E-state index is 0.100. The van der Waals surface area contributed by atoms with Crippen LogP contribution in [0.2, 0.25) is 0 Å². The minimum Gasteiger partial charge on any atom is -0.462 e. The maximum Gasteiger partial charge on any atom is 0.306 e. The average molecular weight is 1130 g/mol. The van der Waals surface area contributed by atoms with Crippen LogP contribution in [-0.2, 0) is 28.6 Å². The normalized spacial score (nSPS) is 13.1. The molecule has 0 spiro atoms. The number of ether oxygens (including phenoxy) is 3. The first-order valence-electron chi connectivity index (χ1n) is 33.8. The molecule has 0 aromatic carbocycles. The van der Waals surface area contributed by atoms with Gasteiger partial charge in [0.25, 0.3) is 0 Å². The van der Waals surface area contributed by atoms with Crippen molar-refractivity contribution in [3.05, 3.63) is 146 Å². The molecule has 0 heterocycles. The van der Waals surface area contributed by atoms with Crippen molar-refractivity contribution in [2.75, 3.05) is 13.2 Å². The molecule has 0 radical (unpaired) electrons. The van der Waals surface area contributed by atoms with Crippen molar-refractivity contribution in [3.63, 3.8) is 0 Å². The second-order valence-corrected chi connectivity index (χ2v) is 22.0. The number of hydrogen-bond acceptors (Lipinski definition) is 6. The Morgan fingerprint density at radius 2 is 0.476 bits per heavy atom. The third-order valence-corrected chi connectivity index (χ3v) is 14.1. The Labute approximate surface area is 506 Å². The lowest BCUT2D eigenvalue weighted by Gasteiger charge is -2.18. The first kappa shape index (κ1) is 77.3. The lowest BCUT2D eigenvalue weighted by molar-refractivity contribution is -0.167. The summed E-state index contributed by atoms with van der Waals surface area (Å²) < 4.78 is 16.9. The lowest BCUT2D eigenvalue weighted by atomic mass is 10.1. The average Bonchev–Trinajstić information content (AvgIpc) is 3.47. The SMILES string of the molecule is CC/C=C\C/C=C\C/C=C\C/C=C\C/C=C\C/C=C\CCCCCCCCCCC(=O)OCC(COC(=O)CCCCCCCCC/C=C\CCCCCCCCC)OC(=O)CCCCC/C=C\C/C=C\C/C=C\C/C=C\C/C=C\CC. The van der Waals surface area contributed by atoms with E-state index >= 15 is 0 Å². The fraction of sp³-hybridized carbons (Fsp3) is 0.645. The van der Waals surface area contributed by atoms with Crippen molar-refractivity contribution in [2.45, 2.75) is 303 Å². The second-order valence-electron chi connectivity index (χ2n) is 22.0. The minimum atomic E-state index is -0.809. The van der Waals surface area contributed by atoms with Crippen molar-refractivity contribution in [2.24, 2.45) is 0 Å². The van der Waals surface area contributed by atoms with E-state index in [1.54, 1.807) is 0 Å².